The van der Waals surface area contributed by atoms with Crippen LogP contribution in [0.15, 0.2) is 34.1 Å². The largest absolute Gasteiger partial charge is 0.481 e. The molecule has 0 aliphatic rings. The second-order valence-electron chi connectivity index (χ2n) is 3.70. The molecule has 2 N–H and O–H groups in total. The first-order valence-corrected chi connectivity index (χ1v) is 6.95. The van der Waals surface area contributed by atoms with Crippen molar-refractivity contribution >= 4 is 38.4 Å². The first-order chi connectivity index (χ1) is 8.63. The van der Waals surface area contributed by atoms with Crippen molar-refractivity contribution in [2.75, 3.05) is 5.32 Å². The highest BCUT2D eigenvalue weighted by Gasteiger charge is 2.05. The number of aromatic nitrogens is 1. The molecule has 0 amide bonds. The van der Waals surface area contributed by atoms with E-state index in [1.807, 2.05) is 24.3 Å². The summed E-state index contributed by atoms with van der Waals surface area (Å²) in [6.07, 6.45) is -0.0327. The minimum Gasteiger partial charge on any atom is -0.481 e. The maximum absolute atomic E-state index is 10.5. The Balaban J connectivity index is 1.94. The van der Waals surface area contributed by atoms with Crippen LogP contribution in [0, 0.1) is 0 Å². The molecule has 4 nitrogen and oxygen atoms in total. The van der Waals surface area contributed by atoms with Crippen molar-refractivity contribution in [3.8, 4) is 0 Å². The maximum atomic E-state index is 10.5. The van der Waals surface area contributed by atoms with Gasteiger partial charge in [0.25, 0.3) is 0 Å². The van der Waals surface area contributed by atoms with Crippen LogP contribution in [-0.4, -0.2) is 16.1 Å². The third-order valence-electron chi connectivity index (χ3n) is 2.22. The average molecular weight is 327 g/mol. The molecule has 0 bridgehead atoms. The van der Waals surface area contributed by atoms with Crippen molar-refractivity contribution in [2.45, 2.75) is 13.0 Å². The number of carboxylic acid groups (broad SMARTS) is 1. The van der Waals surface area contributed by atoms with Crippen LogP contribution in [0.2, 0.25) is 0 Å². The van der Waals surface area contributed by atoms with E-state index in [2.05, 4.69) is 26.2 Å². The second kappa shape index (κ2) is 5.97. The van der Waals surface area contributed by atoms with Gasteiger partial charge in [0, 0.05) is 16.4 Å². The van der Waals surface area contributed by atoms with Crippen LogP contribution in [0.4, 0.5) is 5.13 Å². The number of rotatable bonds is 5. The third kappa shape index (κ3) is 3.82. The van der Waals surface area contributed by atoms with Gasteiger partial charge in [0.15, 0.2) is 5.13 Å². The van der Waals surface area contributed by atoms with Crippen LogP contribution in [0.5, 0.6) is 0 Å². The molecule has 94 valence electrons. The van der Waals surface area contributed by atoms with Crippen LogP contribution in [0.3, 0.4) is 0 Å². The molecule has 6 heteroatoms. The predicted octanol–water partition coefficient (Wildman–Crippen LogP) is 3.14. The van der Waals surface area contributed by atoms with Gasteiger partial charge in [-0.1, -0.05) is 28.1 Å². The van der Waals surface area contributed by atoms with Gasteiger partial charge >= 0.3 is 5.97 Å². The number of thiazole rings is 1. The van der Waals surface area contributed by atoms with Crippen molar-refractivity contribution < 1.29 is 9.90 Å². The molecular formula is C12H11BrN2O2S. The zero-order chi connectivity index (χ0) is 13.0. The molecule has 0 atom stereocenters. The summed E-state index contributed by atoms with van der Waals surface area (Å²) in [5, 5.41) is 14.3. The van der Waals surface area contributed by atoms with E-state index in [9.17, 15) is 4.79 Å². The van der Waals surface area contributed by atoms with Crippen molar-refractivity contribution in [3.63, 3.8) is 0 Å². The van der Waals surface area contributed by atoms with E-state index in [-0.39, 0.29) is 6.42 Å². The Morgan fingerprint density at radius 3 is 3.06 bits per heavy atom. The number of benzene rings is 1. The van der Waals surface area contributed by atoms with Gasteiger partial charge in [-0.2, -0.15) is 0 Å². The topological polar surface area (TPSA) is 62.2 Å². The second-order valence-corrected chi connectivity index (χ2v) is 5.47. The molecule has 0 radical (unpaired) electrons. The highest BCUT2D eigenvalue weighted by Crippen LogP contribution is 2.18. The normalized spacial score (nSPS) is 10.3. The zero-order valence-electron chi connectivity index (χ0n) is 9.39. The van der Waals surface area contributed by atoms with Crippen molar-refractivity contribution in [1.29, 1.82) is 0 Å². The van der Waals surface area contributed by atoms with E-state index in [0.29, 0.717) is 12.2 Å². The molecule has 0 aliphatic heterocycles. The number of hydrogen-bond acceptors (Lipinski definition) is 4. The SMILES string of the molecule is O=C(O)Cc1csc(NCc2cccc(Br)c2)n1. The van der Waals surface area contributed by atoms with Gasteiger partial charge in [-0.05, 0) is 17.7 Å². The molecular weight excluding hydrogens is 316 g/mol. The molecule has 2 aromatic rings. The average Bonchev–Trinajstić information content (AvgIpc) is 2.73. The Labute approximate surface area is 117 Å². The number of hydrogen-bond donors (Lipinski definition) is 2. The lowest BCUT2D eigenvalue weighted by Gasteiger charge is -2.03. The van der Waals surface area contributed by atoms with E-state index in [0.717, 1.165) is 15.2 Å². The fourth-order valence-electron chi connectivity index (χ4n) is 1.45. The molecule has 1 heterocycles. The van der Waals surface area contributed by atoms with Crippen molar-refractivity contribution in [2.24, 2.45) is 0 Å². The van der Waals surface area contributed by atoms with E-state index in [1.54, 1.807) is 5.38 Å². The number of anilines is 1. The van der Waals surface area contributed by atoms with E-state index < -0.39 is 5.97 Å². The van der Waals surface area contributed by atoms with E-state index in [1.165, 1.54) is 11.3 Å². The molecule has 0 spiro atoms. The van der Waals surface area contributed by atoms with Crippen molar-refractivity contribution in [1.82, 2.24) is 4.98 Å². The first-order valence-electron chi connectivity index (χ1n) is 5.28. The summed E-state index contributed by atoms with van der Waals surface area (Å²) in [4.78, 5) is 14.7. The predicted molar refractivity (Wildman–Crippen MR) is 74.9 cm³/mol. The number of aliphatic carboxylic acids is 1. The molecule has 1 aromatic heterocycles. The van der Waals surface area contributed by atoms with Gasteiger partial charge in [0.05, 0.1) is 12.1 Å². The minimum absolute atomic E-state index is 0.0327. The Bertz CT molecular complexity index is 557. The highest BCUT2D eigenvalue weighted by atomic mass is 79.9. The highest BCUT2D eigenvalue weighted by molar-refractivity contribution is 9.10. The first kappa shape index (κ1) is 13.0. The van der Waals surface area contributed by atoms with Crippen LogP contribution in [0.25, 0.3) is 0 Å². The van der Waals surface area contributed by atoms with Gasteiger partial charge in [-0.3, -0.25) is 4.79 Å². The summed E-state index contributed by atoms with van der Waals surface area (Å²) in [6.45, 7) is 0.666. The van der Waals surface area contributed by atoms with Crippen LogP contribution < -0.4 is 5.32 Å². The van der Waals surface area contributed by atoms with Crippen LogP contribution in [0.1, 0.15) is 11.3 Å². The van der Waals surface area contributed by atoms with Gasteiger partial charge in [0.1, 0.15) is 0 Å². The van der Waals surface area contributed by atoms with Gasteiger partial charge in [-0.25, -0.2) is 4.98 Å². The molecule has 1 aromatic carbocycles. The molecule has 0 unspecified atom stereocenters. The Morgan fingerprint density at radius 2 is 2.33 bits per heavy atom. The maximum Gasteiger partial charge on any atom is 0.309 e. The number of carbonyl (C=O) groups is 1. The zero-order valence-corrected chi connectivity index (χ0v) is 11.8. The Hall–Kier alpha value is -1.40. The van der Waals surface area contributed by atoms with Crippen molar-refractivity contribution in [3.05, 3.63) is 45.4 Å². The summed E-state index contributed by atoms with van der Waals surface area (Å²) < 4.78 is 1.03. The lowest BCUT2D eigenvalue weighted by Crippen LogP contribution is -2.02. The summed E-state index contributed by atoms with van der Waals surface area (Å²) in [6, 6.07) is 7.99. The third-order valence-corrected chi connectivity index (χ3v) is 3.56. The molecule has 0 aliphatic carbocycles. The number of halogens is 1. The van der Waals surface area contributed by atoms with E-state index in [4.69, 9.17) is 5.11 Å². The van der Waals surface area contributed by atoms with Crippen LogP contribution >= 0.6 is 27.3 Å². The molecule has 0 fully saturated rings. The number of nitrogens with one attached hydrogen (secondary N) is 1. The smallest absolute Gasteiger partial charge is 0.309 e. The summed E-state index contributed by atoms with van der Waals surface area (Å²) in [7, 11) is 0. The summed E-state index contributed by atoms with van der Waals surface area (Å²) >= 11 is 4.83. The van der Waals surface area contributed by atoms with E-state index >= 15 is 0 Å². The van der Waals surface area contributed by atoms with Gasteiger partial charge in [-0.15, -0.1) is 11.3 Å². The number of carboxylic acids is 1. The Morgan fingerprint density at radius 1 is 1.50 bits per heavy atom. The fourth-order valence-corrected chi connectivity index (χ4v) is 2.60. The number of nitrogens with zero attached hydrogens (tertiary/aromatic N) is 1. The Kier molecular flexibility index (Phi) is 4.33. The molecule has 0 saturated heterocycles. The quantitative estimate of drug-likeness (QED) is 0.886. The lowest BCUT2D eigenvalue weighted by molar-refractivity contribution is -0.136. The van der Waals surface area contributed by atoms with Gasteiger partial charge in [0.2, 0.25) is 0 Å². The monoisotopic (exact) mass is 326 g/mol. The standard InChI is InChI=1S/C12H11BrN2O2S/c13-9-3-1-2-8(4-9)6-14-12-15-10(7-18-12)5-11(16)17/h1-4,7H,5-6H2,(H,14,15)(H,16,17). The minimum atomic E-state index is -0.862. The van der Waals surface area contributed by atoms with Gasteiger partial charge < -0.3 is 10.4 Å². The molecule has 2 rings (SSSR count). The van der Waals surface area contributed by atoms with Crippen LogP contribution in [-0.2, 0) is 17.8 Å². The lowest BCUT2D eigenvalue weighted by atomic mass is 10.2. The summed E-state index contributed by atoms with van der Waals surface area (Å²) in [5.41, 5.74) is 1.73. The summed E-state index contributed by atoms with van der Waals surface area (Å²) in [5.74, 6) is -0.862. The fraction of sp³-hybridized carbons (Fsp3) is 0.167. The molecule has 0 saturated carbocycles. The molecule has 18 heavy (non-hydrogen) atoms.